The van der Waals surface area contributed by atoms with Gasteiger partial charge >= 0.3 is 0 Å². The second kappa shape index (κ2) is 9.21. The lowest BCUT2D eigenvalue weighted by Crippen LogP contribution is -2.10. The molecule has 0 fully saturated rings. The summed E-state index contributed by atoms with van der Waals surface area (Å²) in [5.74, 6) is 2.15. The van der Waals surface area contributed by atoms with Crippen LogP contribution in [0.25, 0.3) is 21.3 Å². The van der Waals surface area contributed by atoms with Crippen LogP contribution < -0.4 is 10.3 Å². The molecular weight excluding hydrogens is 456 g/mol. The highest BCUT2D eigenvalue weighted by Gasteiger charge is 2.14. The average Bonchev–Trinajstić information content (AvgIpc) is 3.46. The van der Waals surface area contributed by atoms with E-state index in [1.54, 1.807) is 0 Å². The zero-order chi connectivity index (χ0) is 22.8. The van der Waals surface area contributed by atoms with Crippen LogP contribution in [-0.4, -0.2) is 20.2 Å². The Morgan fingerprint density at radius 1 is 1.12 bits per heavy atom. The summed E-state index contributed by atoms with van der Waals surface area (Å²) < 4.78 is 11.5. The van der Waals surface area contributed by atoms with Gasteiger partial charge in [0.1, 0.15) is 16.4 Å². The first kappa shape index (κ1) is 21.4. The number of nitrogens with zero attached hydrogens (tertiary/aromatic N) is 3. The predicted molar refractivity (Wildman–Crippen MR) is 130 cm³/mol. The Morgan fingerprint density at radius 3 is 2.82 bits per heavy atom. The number of benzene rings is 2. The van der Waals surface area contributed by atoms with E-state index in [1.807, 2.05) is 67.8 Å². The average molecular weight is 477 g/mol. The highest BCUT2D eigenvalue weighted by Crippen LogP contribution is 2.31. The molecule has 0 bridgehead atoms. The van der Waals surface area contributed by atoms with Gasteiger partial charge in [-0.1, -0.05) is 54.2 Å². The van der Waals surface area contributed by atoms with E-state index >= 15 is 0 Å². The molecule has 3 heterocycles. The number of aryl methyl sites for hydroxylation is 2. The number of hydrogen-bond donors (Lipinski definition) is 1. The van der Waals surface area contributed by atoms with Crippen LogP contribution in [0, 0.1) is 13.8 Å². The van der Waals surface area contributed by atoms with E-state index in [0.717, 1.165) is 28.0 Å². The van der Waals surface area contributed by atoms with E-state index in [9.17, 15) is 4.79 Å². The van der Waals surface area contributed by atoms with Gasteiger partial charge in [0.15, 0.2) is 6.61 Å². The molecule has 5 rings (SSSR count). The molecule has 0 saturated heterocycles. The number of thioether (sulfide) groups is 1. The van der Waals surface area contributed by atoms with Crippen LogP contribution in [0.2, 0.25) is 0 Å². The summed E-state index contributed by atoms with van der Waals surface area (Å²) in [6, 6.07) is 15.9. The number of H-pyrrole nitrogens is 1. The number of fused-ring (bicyclic) bond motifs is 1. The molecule has 0 aliphatic carbocycles. The van der Waals surface area contributed by atoms with Crippen LogP contribution in [0.4, 0.5) is 0 Å². The van der Waals surface area contributed by atoms with Crippen LogP contribution in [0.3, 0.4) is 0 Å². The lowest BCUT2D eigenvalue weighted by Gasteiger charge is -2.07. The van der Waals surface area contributed by atoms with Crippen LogP contribution in [0.5, 0.6) is 5.75 Å². The molecule has 0 saturated carbocycles. The molecule has 0 aliphatic heterocycles. The summed E-state index contributed by atoms with van der Waals surface area (Å²) in [6.45, 7) is 4.20. The fraction of sp³-hybridized carbons (Fsp3) is 0.167. The zero-order valence-corrected chi connectivity index (χ0v) is 19.6. The summed E-state index contributed by atoms with van der Waals surface area (Å²) in [6.07, 6.45) is 0. The molecule has 0 spiro atoms. The first-order valence-electron chi connectivity index (χ1n) is 10.3. The third-order valence-electron chi connectivity index (χ3n) is 5.05. The van der Waals surface area contributed by atoms with Crippen molar-refractivity contribution in [2.45, 2.75) is 31.4 Å². The molecule has 0 unspecified atom stereocenters. The summed E-state index contributed by atoms with van der Waals surface area (Å²) in [4.78, 5) is 21.0. The van der Waals surface area contributed by atoms with Crippen molar-refractivity contribution in [1.82, 2.24) is 20.2 Å². The summed E-state index contributed by atoms with van der Waals surface area (Å²) in [7, 11) is 0. The Bertz CT molecular complexity index is 1470. The number of aromatic nitrogens is 4. The predicted octanol–water partition coefficient (Wildman–Crippen LogP) is 5.52. The van der Waals surface area contributed by atoms with Crippen molar-refractivity contribution < 1.29 is 9.15 Å². The van der Waals surface area contributed by atoms with Crippen LogP contribution in [-0.2, 0) is 12.4 Å². The van der Waals surface area contributed by atoms with Gasteiger partial charge in [-0.15, -0.1) is 21.5 Å². The lowest BCUT2D eigenvalue weighted by atomic mass is 10.1. The Morgan fingerprint density at radius 2 is 1.97 bits per heavy atom. The number of rotatable bonds is 7. The SMILES string of the molecule is Cc1ccc(C)c(OCc2nnc(SCc3nc4scc(-c5ccccc5)c4c(=O)[nH]3)o2)c1. The van der Waals surface area contributed by atoms with Crippen molar-refractivity contribution >= 4 is 33.3 Å². The lowest BCUT2D eigenvalue weighted by molar-refractivity contribution is 0.250. The molecule has 9 heteroatoms. The van der Waals surface area contributed by atoms with Gasteiger partial charge in [0.05, 0.1) is 11.1 Å². The van der Waals surface area contributed by atoms with Crippen molar-refractivity contribution in [2.75, 3.05) is 0 Å². The molecule has 2 aromatic carbocycles. The molecule has 0 aliphatic rings. The minimum Gasteiger partial charge on any atom is -0.484 e. The van der Waals surface area contributed by atoms with Gasteiger partial charge in [-0.2, -0.15) is 0 Å². The summed E-state index contributed by atoms with van der Waals surface area (Å²) in [5.41, 5.74) is 3.92. The van der Waals surface area contributed by atoms with E-state index < -0.39 is 0 Å². The number of nitrogens with one attached hydrogen (secondary N) is 1. The molecule has 5 aromatic rings. The molecule has 3 aromatic heterocycles. The minimum absolute atomic E-state index is 0.149. The fourth-order valence-corrected chi connectivity index (χ4v) is 5.00. The van der Waals surface area contributed by atoms with E-state index in [1.165, 1.54) is 23.1 Å². The maximum Gasteiger partial charge on any atom is 0.277 e. The van der Waals surface area contributed by atoms with E-state index in [4.69, 9.17) is 9.15 Å². The van der Waals surface area contributed by atoms with Gasteiger partial charge in [-0.05, 0) is 36.6 Å². The Hall–Kier alpha value is -3.43. The third-order valence-corrected chi connectivity index (χ3v) is 6.76. The molecule has 0 atom stereocenters. The van der Waals surface area contributed by atoms with E-state index in [-0.39, 0.29) is 12.2 Å². The number of thiophene rings is 1. The maximum atomic E-state index is 12.8. The van der Waals surface area contributed by atoms with Gasteiger partial charge in [-0.3, -0.25) is 4.79 Å². The van der Waals surface area contributed by atoms with Gasteiger partial charge in [0.25, 0.3) is 16.7 Å². The minimum atomic E-state index is -0.149. The highest BCUT2D eigenvalue weighted by molar-refractivity contribution is 7.98. The Balaban J connectivity index is 1.26. The summed E-state index contributed by atoms with van der Waals surface area (Å²) >= 11 is 2.78. The second-order valence-electron chi connectivity index (χ2n) is 7.52. The van der Waals surface area contributed by atoms with Gasteiger partial charge < -0.3 is 14.1 Å². The maximum absolute atomic E-state index is 12.8. The van der Waals surface area contributed by atoms with Crippen molar-refractivity contribution in [2.24, 2.45) is 0 Å². The quantitative estimate of drug-likeness (QED) is 0.309. The van der Waals surface area contributed by atoms with Gasteiger partial charge in [0.2, 0.25) is 0 Å². The molecular formula is C24H20N4O3S2. The Labute approximate surface area is 197 Å². The van der Waals surface area contributed by atoms with Gasteiger partial charge in [0, 0.05) is 10.9 Å². The summed E-state index contributed by atoms with van der Waals surface area (Å²) in [5, 5.41) is 11.1. The largest absolute Gasteiger partial charge is 0.484 e. The number of ether oxygens (including phenoxy) is 1. The van der Waals surface area contributed by atoms with Gasteiger partial charge in [-0.25, -0.2) is 4.98 Å². The molecule has 0 amide bonds. The smallest absolute Gasteiger partial charge is 0.277 e. The van der Waals surface area contributed by atoms with Crippen molar-refractivity contribution in [3.63, 3.8) is 0 Å². The first-order valence-corrected chi connectivity index (χ1v) is 12.1. The topological polar surface area (TPSA) is 93.9 Å². The first-order chi connectivity index (χ1) is 16.1. The molecule has 0 radical (unpaired) electrons. The van der Waals surface area contributed by atoms with E-state index in [0.29, 0.717) is 32.9 Å². The normalized spacial score (nSPS) is 11.2. The van der Waals surface area contributed by atoms with Crippen LogP contribution in [0.15, 0.2) is 68.3 Å². The molecule has 166 valence electrons. The van der Waals surface area contributed by atoms with Crippen molar-refractivity contribution in [1.29, 1.82) is 0 Å². The van der Waals surface area contributed by atoms with Crippen molar-refractivity contribution in [3.05, 3.63) is 87.1 Å². The van der Waals surface area contributed by atoms with Crippen LogP contribution in [0.1, 0.15) is 22.8 Å². The van der Waals surface area contributed by atoms with E-state index in [2.05, 4.69) is 20.2 Å². The monoisotopic (exact) mass is 476 g/mol. The van der Waals surface area contributed by atoms with Crippen LogP contribution >= 0.6 is 23.1 Å². The number of hydrogen-bond acceptors (Lipinski definition) is 8. The zero-order valence-electron chi connectivity index (χ0n) is 18.0. The Kier molecular flexibility index (Phi) is 5.97. The second-order valence-corrected chi connectivity index (χ2v) is 9.30. The highest BCUT2D eigenvalue weighted by atomic mass is 32.2. The fourth-order valence-electron chi connectivity index (χ4n) is 3.38. The molecule has 7 nitrogen and oxygen atoms in total. The number of aromatic amines is 1. The standard InChI is InChI=1S/C24H20N4O3S2/c1-14-8-9-15(2)18(10-14)30-11-20-27-28-24(31-20)33-13-19-25-22(29)21-17(12-32-23(21)26-19)16-6-4-3-5-7-16/h3-10,12H,11,13H2,1-2H3,(H,25,26,29). The molecule has 1 N–H and O–H groups in total. The molecule has 33 heavy (non-hydrogen) atoms. The van der Waals surface area contributed by atoms with Crippen molar-refractivity contribution in [3.8, 4) is 16.9 Å². The third kappa shape index (κ3) is 4.69.